The highest BCUT2D eigenvalue weighted by Gasteiger charge is 2.29. The van der Waals surface area contributed by atoms with Gasteiger partial charge in [-0.25, -0.2) is 4.98 Å². The van der Waals surface area contributed by atoms with Crippen LogP contribution in [0.3, 0.4) is 0 Å². The first-order valence-corrected chi connectivity index (χ1v) is 15.2. The zero-order valence-electron chi connectivity index (χ0n) is 21.8. The molecule has 7 rings (SSSR count). The lowest BCUT2D eigenvalue weighted by atomic mass is 9.91. The van der Waals surface area contributed by atoms with Crippen LogP contribution in [0.15, 0.2) is 32.8 Å². The second-order valence-electron chi connectivity index (χ2n) is 10.4. The summed E-state index contributed by atoms with van der Waals surface area (Å²) in [6.45, 7) is 3.02. The minimum absolute atomic E-state index is 0.0647. The third-order valence-corrected chi connectivity index (χ3v) is 9.47. The highest BCUT2D eigenvalue weighted by atomic mass is 32.1. The summed E-state index contributed by atoms with van der Waals surface area (Å²) in [6, 6.07) is 6.01. The summed E-state index contributed by atoms with van der Waals surface area (Å²) in [5.74, 6) is 1.64. The lowest BCUT2D eigenvalue weighted by molar-refractivity contribution is -0.427. The molecule has 208 valence electrons. The summed E-state index contributed by atoms with van der Waals surface area (Å²) >= 11 is 2.63. The molecule has 2 aliphatic heterocycles. The van der Waals surface area contributed by atoms with E-state index in [4.69, 9.17) is 14.1 Å². The van der Waals surface area contributed by atoms with Crippen molar-refractivity contribution < 1.29 is 19.7 Å². The van der Waals surface area contributed by atoms with Crippen LogP contribution in [0.4, 0.5) is 22.5 Å². The minimum atomic E-state index is -0.143. The number of amides is 1. The Morgan fingerprint density at radius 1 is 1.12 bits per heavy atom. The predicted molar refractivity (Wildman–Crippen MR) is 156 cm³/mol. The number of hydrogen-bond acceptors (Lipinski definition) is 11. The maximum absolute atomic E-state index is 12.9. The van der Waals surface area contributed by atoms with Gasteiger partial charge in [-0.15, -0.1) is 11.3 Å². The molecule has 40 heavy (non-hydrogen) atoms. The van der Waals surface area contributed by atoms with E-state index in [1.165, 1.54) is 35.7 Å². The molecule has 4 aromatic heterocycles. The zero-order valence-corrected chi connectivity index (χ0v) is 23.5. The zero-order chi connectivity index (χ0) is 27.2. The molecule has 0 aromatic carbocycles. The predicted octanol–water partition coefficient (Wildman–Crippen LogP) is 3.16. The summed E-state index contributed by atoms with van der Waals surface area (Å²) in [4.78, 5) is 32.4. The molecular formula is C27H30N7O4S2+. The smallest absolute Gasteiger partial charge is 0.255 e. The van der Waals surface area contributed by atoms with Crippen LogP contribution in [0.2, 0.25) is 0 Å². The summed E-state index contributed by atoms with van der Waals surface area (Å²) in [6.07, 6.45) is 4.54. The molecule has 1 amide bonds. The number of pyridine rings is 1. The van der Waals surface area contributed by atoms with E-state index in [9.17, 15) is 9.59 Å². The molecule has 13 heteroatoms. The third kappa shape index (κ3) is 4.72. The van der Waals surface area contributed by atoms with E-state index in [0.717, 1.165) is 34.8 Å². The Kier molecular flexibility index (Phi) is 6.66. The van der Waals surface area contributed by atoms with Gasteiger partial charge in [0.1, 0.15) is 27.4 Å². The number of aromatic nitrogens is 2. The molecule has 0 spiro atoms. The van der Waals surface area contributed by atoms with Crippen molar-refractivity contribution in [1.29, 1.82) is 0 Å². The molecule has 11 nitrogen and oxygen atoms in total. The fourth-order valence-electron chi connectivity index (χ4n) is 5.63. The molecule has 4 aromatic rings. The van der Waals surface area contributed by atoms with Crippen molar-refractivity contribution in [2.75, 3.05) is 41.8 Å². The van der Waals surface area contributed by atoms with Crippen molar-refractivity contribution in [3.63, 3.8) is 0 Å². The van der Waals surface area contributed by atoms with E-state index in [2.05, 4.69) is 26.1 Å². The van der Waals surface area contributed by atoms with E-state index in [1.807, 2.05) is 22.4 Å². The standard InChI is InChI=1S/C27H29N7O4S2/c28-16-3-1-2-4-17(16)30-20-9-14-12-29-27(36)23(14)26(31-20)32-21-10-18(33-40-21)15-13-39-25-19(35)11-22(38-24(15)25)34-5-7-37-8-6-34/h9-11,13,16-17H,1-8,12,28H2,(H,29,36)(H2,30,31,32)/p+1/t16-,17+/m1/s1. The van der Waals surface area contributed by atoms with Gasteiger partial charge in [-0.3, -0.25) is 9.59 Å². The second kappa shape index (κ2) is 10.5. The van der Waals surface area contributed by atoms with Crippen molar-refractivity contribution in [2.24, 2.45) is 0 Å². The second-order valence-corrected chi connectivity index (χ2v) is 12.1. The Bertz CT molecular complexity index is 1640. The van der Waals surface area contributed by atoms with Gasteiger partial charge in [-0.1, -0.05) is 6.42 Å². The third-order valence-electron chi connectivity index (χ3n) is 7.79. The normalized spacial score (nSPS) is 20.9. The molecule has 6 N–H and O–H groups in total. The minimum Gasteiger partial charge on any atom is -0.439 e. The number of carbonyl (C=O) groups is 1. The summed E-state index contributed by atoms with van der Waals surface area (Å²) in [5, 5.41) is 12.5. The van der Waals surface area contributed by atoms with Crippen molar-refractivity contribution in [2.45, 2.75) is 44.3 Å². The Balaban J connectivity index is 1.19. The SMILES string of the molecule is [NH3+][C@@H]1CCCC[C@@H]1Nc1cc2c(c(Nc3cc(-c4csc5c(=O)cc(N6CCOCC6)oc45)ns3)n1)C(=O)NC2. The molecule has 0 unspecified atom stereocenters. The Morgan fingerprint density at radius 2 is 1.98 bits per heavy atom. The number of rotatable bonds is 6. The molecule has 1 saturated heterocycles. The number of nitrogens with zero attached hydrogens (tertiary/aromatic N) is 3. The molecule has 1 saturated carbocycles. The first-order chi connectivity index (χ1) is 19.5. The Morgan fingerprint density at radius 3 is 2.83 bits per heavy atom. The largest absolute Gasteiger partial charge is 0.439 e. The molecule has 0 bridgehead atoms. The highest BCUT2D eigenvalue weighted by molar-refractivity contribution is 7.17. The number of carbonyl (C=O) groups excluding carboxylic acids is 1. The highest BCUT2D eigenvalue weighted by Crippen LogP contribution is 2.37. The number of anilines is 4. The number of thiophene rings is 1. The van der Waals surface area contributed by atoms with Crippen LogP contribution >= 0.6 is 22.9 Å². The van der Waals surface area contributed by atoms with Gasteiger partial charge < -0.3 is 35.7 Å². The van der Waals surface area contributed by atoms with E-state index < -0.39 is 0 Å². The van der Waals surface area contributed by atoms with Crippen LogP contribution in [0.1, 0.15) is 41.6 Å². The Hall–Kier alpha value is -3.52. The average Bonchev–Trinajstić information content (AvgIpc) is 3.69. The van der Waals surface area contributed by atoms with Gasteiger partial charge in [0.25, 0.3) is 5.91 Å². The van der Waals surface area contributed by atoms with Crippen molar-refractivity contribution in [1.82, 2.24) is 14.7 Å². The van der Waals surface area contributed by atoms with Gasteiger partial charge in [0.15, 0.2) is 11.5 Å². The fraction of sp³-hybridized carbons (Fsp3) is 0.407. The molecule has 3 aliphatic rings. The van der Waals surface area contributed by atoms with Crippen LogP contribution < -0.4 is 32.0 Å². The van der Waals surface area contributed by atoms with Gasteiger partial charge >= 0.3 is 0 Å². The first-order valence-electron chi connectivity index (χ1n) is 13.6. The first kappa shape index (κ1) is 25.4. The van der Waals surface area contributed by atoms with Gasteiger partial charge in [-0.2, -0.15) is 4.37 Å². The van der Waals surface area contributed by atoms with Crippen molar-refractivity contribution >= 4 is 61.6 Å². The average molecular weight is 581 g/mol. The lowest BCUT2D eigenvalue weighted by Gasteiger charge is -2.27. The maximum Gasteiger partial charge on any atom is 0.255 e. The number of ether oxygens (including phenoxy) is 1. The molecular weight excluding hydrogens is 550 g/mol. The summed E-state index contributed by atoms with van der Waals surface area (Å²) in [5.41, 5.74) is 7.72. The Labute approximate surface area is 237 Å². The van der Waals surface area contributed by atoms with Crippen LogP contribution in [0.5, 0.6) is 0 Å². The van der Waals surface area contributed by atoms with Gasteiger partial charge in [0.2, 0.25) is 5.43 Å². The summed E-state index contributed by atoms with van der Waals surface area (Å²) < 4.78 is 16.9. The van der Waals surface area contributed by atoms with Crippen molar-refractivity contribution in [3.8, 4) is 11.3 Å². The molecule has 2 fully saturated rings. The quantitative estimate of drug-likeness (QED) is 0.270. The monoisotopic (exact) mass is 580 g/mol. The number of quaternary nitrogens is 1. The van der Waals surface area contributed by atoms with Crippen LogP contribution in [-0.2, 0) is 11.3 Å². The van der Waals surface area contributed by atoms with Crippen LogP contribution in [0.25, 0.3) is 21.5 Å². The van der Waals surface area contributed by atoms with E-state index in [1.54, 1.807) is 6.07 Å². The molecule has 1 aliphatic carbocycles. The van der Waals surface area contributed by atoms with Gasteiger partial charge in [-0.05, 0) is 36.0 Å². The van der Waals surface area contributed by atoms with Crippen LogP contribution in [-0.4, -0.2) is 53.7 Å². The van der Waals surface area contributed by atoms with Crippen molar-refractivity contribution in [3.05, 3.63) is 44.9 Å². The fourth-order valence-corrected chi connectivity index (χ4v) is 7.18. The number of fused-ring (bicyclic) bond motifs is 2. The summed E-state index contributed by atoms with van der Waals surface area (Å²) in [7, 11) is 0. The van der Waals surface area contributed by atoms with E-state index >= 15 is 0 Å². The van der Waals surface area contributed by atoms with Crippen LogP contribution in [0, 0.1) is 0 Å². The maximum atomic E-state index is 12.9. The van der Waals surface area contributed by atoms with E-state index in [0.29, 0.717) is 72.1 Å². The molecule has 0 radical (unpaired) electrons. The topological polar surface area (TPSA) is 149 Å². The lowest BCUT2D eigenvalue weighted by Crippen LogP contribution is -2.68. The van der Waals surface area contributed by atoms with Gasteiger partial charge in [0, 0.05) is 43.6 Å². The van der Waals surface area contributed by atoms with Gasteiger partial charge in [0.05, 0.1) is 36.1 Å². The molecule has 6 heterocycles. The number of nitrogens with one attached hydrogen (secondary N) is 3. The number of morpholine rings is 1. The molecule has 2 atom stereocenters. The van der Waals surface area contributed by atoms with E-state index in [-0.39, 0.29) is 17.4 Å². The number of hydrogen-bond donors (Lipinski definition) is 4.